The number of nitrogens with zero attached hydrogens (tertiary/aromatic N) is 2. The van der Waals surface area contributed by atoms with E-state index in [-0.39, 0.29) is 5.41 Å². The molecular weight excluding hydrogens is 178 g/mol. The van der Waals surface area contributed by atoms with Gasteiger partial charge in [0, 0.05) is 24.4 Å². The highest BCUT2D eigenvalue weighted by Crippen LogP contribution is 2.26. The van der Waals surface area contributed by atoms with E-state index in [4.69, 9.17) is 4.74 Å². The number of anilines is 1. The summed E-state index contributed by atoms with van der Waals surface area (Å²) in [6.07, 6.45) is 3.63. The Morgan fingerprint density at radius 1 is 1.43 bits per heavy atom. The first-order chi connectivity index (χ1) is 6.68. The zero-order chi connectivity index (χ0) is 10.0. The molecule has 1 aromatic heterocycles. The van der Waals surface area contributed by atoms with Gasteiger partial charge in [-0.1, -0.05) is 6.92 Å². The highest BCUT2D eigenvalue weighted by Gasteiger charge is 2.33. The lowest BCUT2D eigenvalue weighted by Gasteiger charge is -2.37. The molecule has 0 aromatic carbocycles. The van der Waals surface area contributed by atoms with Crippen molar-refractivity contribution in [1.29, 1.82) is 0 Å². The first-order valence-corrected chi connectivity index (χ1v) is 4.78. The third-order valence-corrected chi connectivity index (χ3v) is 2.36. The predicted molar refractivity (Wildman–Crippen MR) is 54.2 cm³/mol. The van der Waals surface area contributed by atoms with E-state index in [1.54, 1.807) is 0 Å². The molecular formula is C10H15N3O. The van der Waals surface area contributed by atoms with E-state index in [9.17, 15) is 0 Å². The summed E-state index contributed by atoms with van der Waals surface area (Å²) < 4.78 is 5.16. The van der Waals surface area contributed by atoms with Crippen molar-refractivity contribution in [3.8, 4) is 0 Å². The third-order valence-electron chi connectivity index (χ3n) is 2.36. The van der Waals surface area contributed by atoms with Gasteiger partial charge < -0.3 is 10.1 Å². The van der Waals surface area contributed by atoms with Gasteiger partial charge in [-0.15, -0.1) is 0 Å². The summed E-state index contributed by atoms with van der Waals surface area (Å²) >= 11 is 0. The van der Waals surface area contributed by atoms with Gasteiger partial charge in [0.15, 0.2) is 0 Å². The monoisotopic (exact) mass is 193 g/mol. The van der Waals surface area contributed by atoms with Crippen molar-refractivity contribution in [1.82, 2.24) is 9.97 Å². The SMILES string of the molecule is Cc1cnc(NCC2(C)COC2)nc1. The maximum atomic E-state index is 5.16. The van der Waals surface area contributed by atoms with Crippen molar-refractivity contribution in [2.24, 2.45) is 5.41 Å². The standard InChI is InChI=1S/C10H15N3O/c1-8-3-11-9(12-4-8)13-5-10(2)6-14-7-10/h3-4H,5-7H2,1-2H3,(H,11,12,13). The second-order valence-electron chi connectivity index (χ2n) is 4.24. The zero-order valence-electron chi connectivity index (χ0n) is 8.58. The molecule has 4 heteroatoms. The number of aromatic nitrogens is 2. The first kappa shape index (κ1) is 9.40. The van der Waals surface area contributed by atoms with Gasteiger partial charge in [0.25, 0.3) is 0 Å². The van der Waals surface area contributed by atoms with E-state index < -0.39 is 0 Å². The zero-order valence-corrected chi connectivity index (χ0v) is 8.58. The van der Waals surface area contributed by atoms with Gasteiger partial charge in [0.05, 0.1) is 13.2 Å². The van der Waals surface area contributed by atoms with Gasteiger partial charge in [-0.3, -0.25) is 0 Å². The molecule has 0 bridgehead atoms. The van der Waals surface area contributed by atoms with E-state index in [1.165, 1.54) is 0 Å². The van der Waals surface area contributed by atoms with Gasteiger partial charge in [-0.05, 0) is 12.5 Å². The summed E-state index contributed by atoms with van der Waals surface area (Å²) in [4.78, 5) is 8.35. The molecule has 1 aliphatic rings. The number of aryl methyl sites for hydroxylation is 1. The Hall–Kier alpha value is -1.16. The van der Waals surface area contributed by atoms with Crippen molar-refractivity contribution in [3.05, 3.63) is 18.0 Å². The fraction of sp³-hybridized carbons (Fsp3) is 0.600. The molecule has 0 amide bonds. The minimum absolute atomic E-state index is 0.258. The van der Waals surface area contributed by atoms with Crippen molar-refractivity contribution in [3.63, 3.8) is 0 Å². The summed E-state index contributed by atoms with van der Waals surface area (Å²) in [7, 11) is 0. The lowest BCUT2D eigenvalue weighted by molar-refractivity contribution is -0.0925. The van der Waals surface area contributed by atoms with Gasteiger partial charge in [-0.2, -0.15) is 0 Å². The van der Waals surface area contributed by atoms with Gasteiger partial charge in [0.1, 0.15) is 0 Å². The fourth-order valence-electron chi connectivity index (χ4n) is 1.33. The third kappa shape index (κ3) is 2.01. The summed E-state index contributed by atoms with van der Waals surface area (Å²) in [6.45, 7) is 6.69. The van der Waals surface area contributed by atoms with Gasteiger partial charge in [0.2, 0.25) is 5.95 Å². The van der Waals surface area contributed by atoms with Crippen LogP contribution < -0.4 is 5.32 Å². The van der Waals surface area contributed by atoms with E-state index in [2.05, 4.69) is 22.2 Å². The molecule has 2 rings (SSSR count). The second-order valence-corrected chi connectivity index (χ2v) is 4.24. The molecule has 1 N–H and O–H groups in total. The highest BCUT2D eigenvalue weighted by atomic mass is 16.5. The number of hydrogen-bond acceptors (Lipinski definition) is 4. The van der Waals surface area contributed by atoms with Gasteiger partial charge >= 0.3 is 0 Å². The maximum Gasteiger partial charge on any atom is 0.222 e. The molecule has 1 saturated heterocycles. The average Bonchev–Trinajstić information content (AvgIpc) is 2.14. The Morgan fingerprint density at radius 3 is 2.57 bits per heavy atom. The van der Waals surface area contributed by atoms with E-state index in [0.29, 0.717) is 5.95 Å². The molecule has 0 spiro atoms. The summed E-state index contributed by atoms with van der Waals surface area (Å²) in [5.41, 5.74) is 1.34. The Morgan fingerprint density at radius 2 is 2.07 bits per heavy atom. The van der Waals surface area contributed by atoms with Crippen LogP contribution in [0.1, 0.15) is 12.5 Å². The van der Waals surface area contributed by atoms with Crippen LogP contribution in [0.25, 0.3) is 0 Å². The van der Waals surface area contributed by atoms with Gasteiger partial charge in [-0.25, -0.2) is 9.97 Å². The average molecular weight is 193 g/mol. The summed E-state index contributed by atoms with van der Waals surface area (Å²) in [6, 6.07) is 0. The Kier molecular flexibility index (Phi) is 2.37. The van der Waals surface area contributed by atoms with Crippen LogP contribution in [0.2, 0.25) is 0 Å². The lowest BCUT2D eigenvalue weighted by Crippen LogP contribution is -2.45. The number of nitrogens with one attached hydrogen (secondary N) is 1. The van der Waals surface area contributed by atoms with Crippen LogP contribution in [0.4, 0.5) is 5.95 Å². The van der Waals surface area contributed by atoms with Crippen LogP contribution in [0.3, 0.4) is 0 Å². The highest BCUT2D eigenvalue weighted by molar-refractivity contribution is 5.25. The van der Waals surface area contributed by atoms with Crippen LogP contribution in [0.5, 0.6) is 0 Å². The lowest BCUT2D eigenvalue weighted by atomic mass is 9.89. The Balaban J connectivity index is 1.88. The normalized spacial score (nSPS) is 18.7. The largest absolute Gasteiger partial charge is 0.380 e. The number of ether oxygens (including phenoxy) is 1. The summed E-state index contributed by atoms with van der Waals surface area (Å²) in [5.74, 6) is 0.698. The van der Waals surface area contributed by atoms with Crippen LogP contribution in [0, 0.1) is 12.3 Å². The van der Waals surface area contributed by atoms with Crippen LogP contribution in [-0.4, -0.2) is 29.7 Å². The molecule has 14 heavy (non-hydrogen) atoms. The summed E-state index contributed by atoms with van der Waals surface area (Å²) in [5, 5.41) is 3.21. The molecule has 4 nitrogen and oxygen atoms in total. The molecule has 0 saturated carbocycles. The van der Waals surface area contributed by atoms with Crippen molar-refractivity contribution >= 4 is 5.95 Å². The molecule has 0 aliphatic carbocycles. The van der Waals surface area contributed by atoms with Crippen LogP contribution in [-0.2, 0) is 4.74 Å². The molecule has 2 heterocycles. The second kappa shape index (κ2) is 3.53. The van der Waals surface area contributed by atoms with Crippen LogP contribution in [0.15, 0.2) is 12.4 Å². The molecule has 76 valence electrons. The number of rotatable bonds is 3. The fourth-order valence-corrected chi connectivity index (χ4v) is 1.33. The minimum atomic E-state index is 0.258. The minimum Gasteiger partial charge on any atom is -0.380 e. The Labute approximate surface area is 83.7 Å². The van der Waals surface area contributed by atoms with Crippen LogP contribution >= 0.6 is 0 Å². The number of hydrogen-bond donors (Lipinski definition) is 1. The predicted octanol–water partition coefficient (Wildman–Crippen LogP) is 1.23. The van der Waals surface area contributed by atoms with Crippen molar-refractivity contribution in [2.45, 2.75) is 13.8 Å². The van der Waals surface area contributed by atoms with Crippen molar-refractivity contribution in [2.75, 3.05) is 25.1 Å². The van der Waals surface area contributed by atoms with E-state index >= 15 is 0 Å². The molecule has 0 unspecified atom stereocenters. The van der Waals surface area contributed by atoms with E-state index in [0.717, 1.165) is 25.3 Å². The van der Waals surface area contributed by atoms with Crippen molar-refractivity contribution < 1.29 is 4.74 Å². The molecule has 1 aliphatic heterocycles. The molecule has 0 atom stereocenters. The smallest absolute Gasteiger partial charge is 0.222 e. The molecule has 0 radical (unpaired) electrons. The quantitative estimate of drug-likeness (QED) is 0.784. The van der Waals surface area contributed by atoms with E-state index in [1.807, 2.05) is 19.3 Å². The molecule has 1 fully saturated rings. The maximum absolute atomic E-state index is 5.16. The first-order valence-electron chi connectivity index (χ1n) is 4.78. The Bertz CT molecular complexity index is 306. The topological polar surface area (TPSA) is 47.0 Å². The molecule has 1 aromatic rings.